The van der Waals surface area contributed by atoms with Crippen LogP contribution in [0.15, 0.2) is 41.3 Å². The highest BCUT2D eigenvalue weighted by molar-refractivity contribution is 6.30. The van der Waals surface area contributed by atoms with Crippen molar-refractivity contribution in [2.75, 3.05) is 0 Å². The van der Waals surface area contributed by atoms with Gasteiger partial charge in [-0.2, -0.15) is 0 Å². The van der Waals surface area contributed by atoms with E-state index in [1.807, 2.05) is 0 Å². The summed E-state index contributed by atoms with van der Waals surface area (Å²) in [5.74, 6) is -1.66. The minimum absolute atomic E-state index is 0.00880. The lowest BCUT2D eigenvalue weighted by Crippen LogP contribution is -2.21. The van der Waals surface area contributed by atoms with Crippen molar-refractivity contribution in [3.8, 4) is 0 Å². The summed E-state index contributed by atoms with van der Waals surface area (Å²) in [5, 5.41) is 9.11. The molecule has 2 aromatic rings. The van der Waals surface area contributed by atoms with Crippen LogP contribution >= 0.6 is 11.6 Å². The van der Waals surface area contributed by atoms with Crippen LogP contribution < -0.4 is 5.56 Å². The third-order valence-electron chi connectivity index (χ3n) is 2.59. The quantitative estimate of drug-likeness (QED) is 0.940. The summed E-state index contributed by atoms with van der Waals surface area (Å²) in [6.07, 6.45) is 1.31. The molecule has 2 rings (SSSR count). The molecule has 0 fully saturated rings. The molecule has 98 valence electrons. The highest BCUT2D eigenvalue weighted by Gasteiger charge is 2.08. The molecule has 1 aromatic carbocycles. The number of carboxylic acids is 1. The summed E-state index contributed by atoms with van der Waals surface area (Å²) in [4.78, 5) is 22.4. The summed E-state index contributed by atoms with van der Waals surface area (Å²) < 4.78 is 14.7. The molecule has 0 radical (unpaired) electrons. The molecule has 4 nitrogen and oxygen atoms in total. The van der Waals surface area contributed by atoms with Gasteiger partial charge in [0.25, 0.3) is 5.56 Å². The fraction of sp³-hybridized carbons (Fsp3) is 0.0769. The monoisotopic (exact) mass is 281 g/mol. The molecule has 0 aliphatic heterocycles. The molecule has 1 aromatic heterocycles. The average molecular weight is 282 g/mol. The Morgan fingerprint density at radius 3 is 2.68 bits per heavy atom. The van der Waals surface area contributed by atoms with Crippen LogP contribution in [0.1, 0.15) is 15.9 Å². The number of rotatable bonds is 3. The lowest BCUT2D eigenvalue weighted by Gasteiger charge is -2.07. The smallest absolute Gasteiger partial charge is 0.335 e. The number of hydrogen-bond donors (Lipinski definition) is 1. The summed E-state index contributed by atoms with van der Waals surface area (Å²) >= 11 is 5.76. The number of aromatic carboxylic acids is 1. The van der Waals surface area contributed by atoms with Gasteiger partial charge in [-0.25, -0.2) is 9.18 Å². The fourth-order valence-electron chi connectivity index (χ4n) is 1.62. The average Bonchev–Trinajstić information content (AvgIpc) is 2.36. The Morgan fingerprint density at radius 2 is 2.05 bits per heavy atom. The molecule has 1 heterocycles. The first-order chi connectivity index (χ1) is 8.97. The van der Waals surface area contributed by atoms with Crippen molar-refractivity contribution >= 4 is 17.6 Å². The van der Waals surface area contributed by atoms with Crippen molar-refractivity contribution in [2.45, 2.75) is 6.54 Å². The van der Waals surface area contributed by atoms with Crippen molar-refractivity contribution in [1.29, 1.82) is 0 Å². The van der Waals surface area contributed by atoms with Crippen LogP contribution in [-0.2, 0) is 6.54 Å². The van der Waals surface area contributed by atoms with Crippen molar-refractivity contribution in [3.05, 3.63) is 68.8 Å². The van der Waals surface area contributed by atoms with Gasteiger partial charge in [0.2, 0.25) is 0 Å². The standard InChI is InChI=1S/C13H9ClFNO3/c14-10-1-2-11(15)9(5-10)7-16-4-3-8(13(18)19)6-12(16)17/h1-6H,7H2,(H,18,19). The number of benzene rings is 1. The van der Waals surface area contributed by atoms with E-state index < -0.39 is 17.3 Å². The summed E-state index contributed by atoms with van der Waals surface area (Å²) in [7, 11) is 0. The van der Waals surface area contributed by atoms with Crippen molar-refractivity contribution in [3.63, 3.8) is 0 Å². The molecule has 0 saturated carbocycles. The Hall–Kier alpha value is -2.14. The topological polar surface area (TPSA) is 59.3 Å². The van der Waals surface area contributed by atoms with Gasteiger partial charge in [0.15, 0.2) is 0 Å². The number of hydrogen-bond acceptors (Lipinski definition) is 2. The second kappa shape index (κ2) is 5.24. The van der Waals surface area contributed by atoms with E-state index in [1.165, 1.54) is 35.0 Å². The molecule has 0 amide bonds. The van der Waals surface area contributed by atoms with Gasteiger partial charge in [-0.3, -0.25) is 4.79 Å². The van der Waals surface area contributed by atoms with E-state index in [1.54, 1.807) is 0 Å². The third kappa shape index (κ3) is 3.00. The van der Waals surface area contributed by atoms with Crippen LogP contribution in [0, 0.1) is 5.82 Å². The first-order valence-corrected chi connectivity index (χ1v) is 5.73. The SMILES string of the molecule is O=C(O)c1ccn(Cc2cc(Cl)ccc2F)c(=O)c1. The second-order valence-electron chi connectivity index (χ2n) is 3.92. The normalized spacial score (nSPS) is 10.4. The van der Waals surface area contributed by atoms with E-state index in [0.717, 1.165) is 6.07 Å². The third-order valence-corrected chi connectivity index (χ3v) is 2.83. The predicted octanol–water partition coefficient (Wildman–Crippen LogP) is 2.39. The Balaban J connectivity index is 2.36. The minimum atomic E-state index is -1.18. The molecule has 1 N–H and O–H groups in total. The molecule has 19 heavy (non-hydrogen) atoms. The lowest BCUT2D eigenvalue weighted by atomic mass is 10.2. The van der Waals surface area contributed by atoms with Crippen molar-refractivity contribution in [2.24, 2.45) is 0 Å². The van der Waals surface area contributed by atoms with E-state index >= 15 is 0 Å². The van der Waals surface area contributed by atoms with Crippen LogP contribution in [0.5, 0.6) is 0 Å². The molecule has 6 heteroatoms. The maximum absolute atomic E-state index is 13.5. The van der Waals surface area contributed by atoms with Gasteiger partial charge < -0.3 is 9.67 Å². The Bertz CT molecular complexity index is 697. The van der Waals surface area contributed by atoms with Crippen LogP contribution in [0.2, 0.25) is 5.02 Å². The second-order valence-corrected chi connectivity index (χ2v) is 4.36. The van der Waals surface area contributed by atoms with Gasteiger partial charge in [-0.05, 0) is 24.3 Å². The molecule has 0 bridgehead atoms. The van der Waals surface area contributed by atoms with Gasteiger partial charge >= 0.3 is 5.97 Å². The summed E-state index contributed by atoms with van der Waals surface area (Å²) in [6.45, 7) is -0.00880. The molecule has 0 spiro atoms. The van der Waals surface area contributed by atoms with Gasteiger partial charge in [-0.15, -0.1) is 0 Å². The highest BCUT2D eigenvalue weighted by atomic mass is 35.5. The fourth-order valence-corrected chi connectivity index (χ4v) is 1.81. The predicted molar refractivity (Wildman–Crippen MR) is 68.2 cm³/mol. The van der Waals surface area contributed by atoms with E-state index in [4.69, 9.17) is 16.7 Å². The molecule has 0 aliphatic rings. The number of aromatic nitrogens is 1. The molecule has 0 saturated heterocycles. The van der Waals surface area contributed by atoms with E-state index in [9.17, 15) is 14.0 Å². The van der Waals surface area contributed by atoms with Crippen LogP contribution in [0.4, 0.5) is 4.39 Å². The first-order valence-electron chi connectivity index (χ1n) is 5.35. The zero-order valence-electron chi connectivity index (χ0n) is 9.64. The summed E-state index contributed by atoms with van der Waals surface area (Å²) in [6, 6.07) is 6.33. The number of pyridine rings is 1. The maximum atomic E-state index is 13.5. The van der Waals surface area contributed by atoms with Crippen LogP contribution in [-0.4, -0.2) is 15.6 Å². The number of halogens is 2. The van der Waals surface area contributed by atoms with Gasteiger partial charge in [-0.1, -0.05) is 11.6 Å². The number of nitrogens with zero attached hydrogens (tertiary/aromatic N) is 1. The maximum Gasteiger partial charge on any atom is 0.335 e. The van der Waals surface area contributed by atoms with Gasteiger partial charge in [0.05, 0.1) is 12.1 Å². The highest BCUT2D eigenvalue weighted by Crippen LogP contribution is 2.15. The zero-order chi connectivity index (χ0) is 14.0. The Morgan fingerprint density at radius 1 is 1.32 bits per heavy atom. The molecule has 0 aliphatic carbocycles. The van der Waals surface area contributed by atoms with E-state index in [0.29, 0.717) is 5.02 Å². The molecule has 0 atom stereocenters. The van der Waals surface area contributed by atoms with Crippen molar-refractivity contribution < 1.29 is 14.3 Å². The Kier molecular flexibility index (Phi) is 3.66. The zero-order valence-corrected chi connectivity index (χ0v) is 10.4. The molecular formula is C13H9ClFNO3. The number of carboxylic acid groups (broad SMARTS) is 1. The van der Waals surface area contributed by atoms with E-state index in [-0.39, 0.29) is 17.7 Å². The van der Waals surface area contributed by atoms with Crippen molar-refractivity contribution in [1.82, 2.24) is 4.57 Å². The van der Waals surface area contributed by atoms with Crippen LogP contribution in [0.25, 0.3) is 0 Å². The van der Waals surface area contributed by atoms with Crippen LogP contribution in [0.3, 0.4) is 0 Å². The number of carbonyl (C=O) groups is 1. The largest absolute Gasteiger partial charge is 0.478 e. The van der Waals surface area contributed by atoms with Gasteiger partial charge in [0.1, 0.15) is 5.82 Å². The minimum Gasteiger partial charge on any atom is -0.478 e. The van der Waals surface area contributed by atoms with Gasteiger partial charge in [0, 0.05) is 22.8 Å². The first kappa shape index (κ1) is 13.3. The lowest BCUT2D eigenvalue weighted by molar-refractivity contribution is 0.0696. The molecule has 0 unspecified atom stereocenters. The summed E-state index contributed by atoms with van der Waals surface area (Å²) in [5.41, 5.74) is -0.357. The van der Waals surface area contributed by atoms with E-state index in [2.05, 4.69) is 0 Å². The Labute approximate surface area is 112 Å². The molecular weight excluding hydrogens is 273 g/mol.